The molecule has 2 unspecified atom stereocenters. The molecule has 44 heavy (non-hydrogen) atoms. The van der Waals surface area contributed by atoms with E-state index in [4.69, 9.17) is 9.47 Å². The van der Waals surface area contributed by atoms with E-state index in [0.29, 0.717) is 12.2 Å². The second-order valence-corrected chi connectivity index (χ2v) is 13.2. The summed E-state index contributed by atoms with van der Waals surface area (Å²) in [6.45, 7) is 6.10. The molecule has 3 aromatic carbocycles. The van der Waals surface area contributed by atoms with E-state index in [-0.39, 0.29) is 17.9 Å². The molecule has 1 aliphatic carbocycles. The third-order valence-corrected chi connectivity index (χ3v) is 10.2. The highest BCUT2D eigenvalue weighted by Gasteiger charge is 2.28. The normalized spacial score (nSPS) is 18.9. The first kappa shape index (κ1) is 28.8. The van der Waals surface area contributed by atoms with Gasteiger partial charge in [-0.25, -0.2) is 4.98 Å². The van der Waals surface area contributed by atoms with Gasteiger partial charge in [0.15, 0.2) is 5.78 Å². The maximum absolute atomic E-state index is 14.2. The van der Waals surface area contributed by atoms with E-state index in [1.54, 1.807) is 11.3 Å². The van der Waals surface area contributed by atoms with Gasteiger partial charge in [-0.1, -0.05) is 18.6 Å². The fourth-order valence-electron chi connectivity index (χ4n) is 6.66. The predicted octanol–water partition coefficient (Wildman–Crippen LogP) is 8.34. The molecule has 226 valence electrons. The lowest BCUT2D eigenvalue weighted by Crippen LogP contribution is -2.32. The van der Waals surface area contributed by atoms with Crippen LogP contribution in [0.4, 0.5) is 0 Å². The van der Waals surface area contributed by atoms with Crippen LogP contribution < -0.4 is 9.47 Å². The van der Waals surface area contributed by atoms with Gasteiger partial charge in [-0.15, -0.1) is 11.3 Å². The quantitative estimate of drug-likeness (QED) is 0.150. The fraction of sp³-hybridized carbons (Fsp3) is 0.351. The molecule has 7 rings (SSSR count). The van der Waals surface area contributed by atoms with Crippen LogP contribution in [0.2, 0.25) is 0 Å². The van der Waals surface area contributed by atoms with Crippen molar-refractivity contribution < 1.29 is 14.3 Å². The maximum atomic E-state index is 14.2. The molecule has 0 amide bonds. The summed E-state index contributed by atoms with van der Waals surface area (Å²) in [6.07, 6.45) is 12.8. The zero-order valence-electron chi connectivity index (χ0n) is 25.3. The van der Waals surface area contributed by atoms with Crippen LogP contribution in [0.1, 0.15) is 66.1 Å². The van der Waals surface area contributed by atoms with Crippen LogP contribution >= 0.6 is 11.3 Å². The molecule has 2 atom stereocenters. The number of carbonyl (C=O) groups is 1. The Hall–Kier alpha value is -3.94. The molecule has 7 heteroatoms. The Kier molecular flexibility index (Phi) is 8.49. The lowest BCUT2D eigenvalue weighted by molar-refractivity contribution is 0.0976. The molecule has 0 spiro atoms. The van der Waals surface area contributed by atoms with E-state index in [0.717, 1.165) is 63.4 Å². The number of ketones is 1. The lowest BCUT2D eigenvalue weighted by Gasteiger charge is -2.32. The van der Waals surface area contributed by atoms with Crippen LogP contribution in [0.25, 0.3) is 20.5 Å². The number of hydrogen-bond donors (Lipinski definition) is 0. The van der Waals surface area contributed by atoms with Gasteiger partial charge in [-0.05, 0) is 118 Å². The van der Waals surface area contributed by atoms with Crippen molar-refractivity contribution in [2.75, 3.05) is 26.2 Å². The van der Waals surface area contributed by atoms with Gasteiger partial charge in [-0.2, -0.15) is 0 Å². The van der Waals surface area contributed by atoms with Gasteiger partial charge in [0.25, 0.3) is 0 Å². The van der Waals surface area contributed by atoms with Crippen molar-refractivity contribution in [2.45, 2.75) is 57.6 Å². The number of aryl methyl sites for hydroxylation is 1. The Morgan fingerprint density at radius 2 is 1.70 bits per heavy atom. The van der Waals surface area contributed by atoms with E-state index in [2.05, 4.69) is 51.7 Å². The monoisotopic (exact) mass is 605 g/mol. The van der Waals surface area contributed by atoms with E-state index in [9.17, 15) is 4.79 Å². The summed E-state index contributed by atoms with van der Waals surface area (Å²) in [5.41, 5.74) is 3.63. The van der Waals surface area contributed by atoms with Gasteiger partial charge in [0.2, 0.25) is 0 Å². The average Bonchev–Trinajstić information content (AvgIpc) is 3.84. The van der Waals surface area contributed by atoms with Crippen LogP contribution in [0, 0.1) is 6.92 Å². The van der Waals surface area contributed by atoms with E-state index < -0.39 is 0 Å². The minimum atomic E-state index is 0.0292. The summed E-state index contributed by atoms with van der Waals surface area (Å²) < 4.78 is 15.8. The minimum Gasteiger partial charge on any atom is -0.492 e. The minimum absolute atomic E-state index is 0.0292. The highest BCUT2D eigenvalue weighted by atomic mass is 32.1. The average molecular weight is 606 g/mol. The SMILES string of the molecule is Cc1ccc2c(C(=O)c3ccc(OC4CCCCC4n4ccnc4)cc3)c(-c3ccc(OCCN4CCCC4)cc3)sc2c1. The van der Waals surface area contributed by atoms with E-state index in [1.165, 1.54) is 37.9 Å². The molecule has 1 saturated heterocycles. The number of fused-ring (bicyclic) bond motifs is 1. The van der Waals surface area contributed by atoms with E-state index >= 15 is 0 Å². The summed E-state index contributed by atoms with van der Waals surface area (Å²) in [4.78, 5) is 21.9. The summed E-state index contributed by atoms with van der Waals surface area (Å²) in [7, 11) is 0. The molecule has 0 bridgehead atoms. The number of hydrogen-bond acceptors (Lipinski definition) is 6. The summed E-state index contributed by atoms with van der Waals surface area (Å²) >= 11 is 1.68. The molecule has 2 aromatic heterocycles. The van der Waals surface area contributed by atoms with Crippen molar-refractivity contribution in [1.82, 2.24) is 14.5 Å². The van der Waals surface area contributed by atoms with Crippen LogP contribution in [-0.4, -0.2) is 52.6 Å². The van der Waals surface area contributed by atoms with Crippen molar-refractivity contribution in [1.29, 1.82) is 0 Å². The molecular formula is C37H39N3O3S. The first-order valence-corrected chi connectivity index (χ1v) is 16.7. The Balaban J connectivity index is 1.11. The number of benzene rings is 3. The van der Waals surface area contributed by atoms with Crippen LogP contribution in [-0.2, 0) is 0 Å². The smallest absolute Gasteiger partial charge is 0.195 e. The third-order valence-electron chi connectivity index (χ3n) is 9.04. The van der Waals surface area contributed by atoms with Crippen LogP contribution in [0.5, 0.6) is 11.5 Å². The largest absolute Gasteiger partial charge is 0.492 e. The first-order chi connectivity index (χ1) is 21.6. The first-order valence-electron chi connectivity index (χ1n) is 15.9. The third kappa shape index (κ3) is 6.17. The summed E-state index contributed by atoms with van der Waals surface area (Å²) in [5, 5.41) is 0.997. The Bertz CT molecular complexity index is 1700. The molecule has 2 aliphatic rings. The Morgan fingerprint density at radius 1 is 0.932 bits per heavy atom. The highest BCUT2D eigenvalue weighted by molar-refractivity contribution is 7.22. The van der Waals surface area contributed by atoms with Crippen LogP contribution in [0.15, 0.2) is 85.5 Å². The Morgan fingerprint density at radius 3 is 2.48 bits per heavy atom. The van der Waals surface area contributed by atoms with Crippen LogP contribution in [0.3, 0.4) is 0 Å². The molecule has 0 N–H and O–H groups in total. The topological polar surface area (TPSA) is 56.6 Å². The van der Waals surface area contributed by atoms with Gasteiger partial charge < -0.3 is 14.0 Å². The standard InChI is InChI=1S/C37H39N3O3S/c1-26-8-17-31-34(24-26)44-37(28-11-13-29(14-12-28)42-23-22-39-19-4-5-20-39)35(31)36(41)27-9-15-30(16-10-27)43-33-7-3-2-6-32(33)40-21-18-38-25-40/h8-18,21,24-25,32-33H,2-7,19-20,22-23H2,1H3. The molecule has 2 fully saturated rings. The van der Waals surface area contributed by atoms with Gasteiger partial charge in [0.05, 0.1) is 12.4 Å². The molecule has 6 nitrogen and oxygen atoms in total. The number of ether oxygens (including phenoxy) is 2. The second kappa shape index (κ2) is 13.0. The zero-order chi connectivity index (χ0) is 29.9. The van der Waals surface area contributed by atoms with Crippen molar-refractivity contribution in [2.24, 2.45) is 0 Å². The van der Waals surface area contributed by atoms with Gasteiger partial charge in [0, 0.05) is 45.0 Å². The van der Waals surface area contributed by atoms with E-state index in [1.807, 2.05) is 55.1 Å². The predicted molar refractivity (Wildman–Crippen MR) is 177 cm³/mol. The number of aromatic nitrogens is 2. The number of rotatable bonds is 10. The zero-order valence-corrected chi connectivity index (χ0v) is 26.1. The van der Waals surface area contributed by atoms with Gasteiger partial charge >= 0.3 is 0 Å². The van der Waals surface area contributed by atoms with Crippen molar-refractivity contribution in [3.05, 3.63) is 102 Å². The number of carbonyl (C=O) groups excluding carboxylic acids is 1. The van der Waals surface area contributed by atoms with Gasteiger partial charge in [0.1, 0.15) is 24.2 Å². The lowest BCUT2D eigenvalue weighted by atomic mass is 9.92. The highest BCUT2D eigenvalue weighted by Crippen LogP contribution is 2.41. The Labute approximate surface area is 263 Å². The van der Waals surface area contributed by atoms with Gasteiger partial charge in [-0.3, -0.25) is 9.69 Å². The molecule has 3 heterocycles. The number of thiophene rings is 1. The van der Waals surface area contributed by atoms with Crippen molar-refractivity contribution >= 4 is 27.2 Å². The molecule has 0 radical (unpaired) electrons. The number of nitrogens with zero attached hydrogens (tertiary/aromatic N) is 3. The molecular weight excluding hydrogens is 566 g/mol. The second-order valence-electron chi connectivity index (χ2n) is 12.1. The number of likely N-dealkylation sites (tertiary alicyclic amines) is 1. The molecule has 1 aliphatic heterocycles. The van der Waals surface area contributed by atoms with Crippen molar-refractivity contribution in [3.63, 3.8) is 0 Å². The number of imidazole rings is 1. The molecule has 1 saturated carbocycles. The van der Waals surface area contributed by atoms with Crippen molar-refractivity contribution in [3.8, 4) is 21.9 Å². The summed E-state index contributed by atoms with van der Waals surface area (Å²) in [6, 6.07) is 22.5. The molecule has 5 aromatic rings. The fourth-order valence-corrected chi connectivity index (χ4v) is 7.96. The summed E-state index contributed by atoms with van der Waals surface area (Å²) in [5.74, 6) is 1.69. The maximum Gasteiger partial charge on any atom is 0.195 e.